The molecule has 2 rings (SSSR count). The Morgan fingerprint density at radius 3 is 2.64 bits per heavy atom. The van der Waals surface area contributed by atoms with Crippen LogP contribution < -0.4 is 9.62 Å². The molecule has 7 nitrogen and oxygen atoms in total. The Bertz CT molecular complexity index is 799. The van der Waals surface area contributed by atoms with Gasteiger partial charge in [-0.2, -0.15) is 0 Å². The Hall–Kier alpha value is -2.61. The Labute approximate surface area is 148 Å². The third-order valence-electron chi connectivity index (χ3n) is 3.55. The van der Waals surface area contributed by atoms with Crippen LogP contribution in [0.1, 0.15) is 16.8 Å². The highest BCUT2D eigenvalue weighted by atomic mass is 32.2. The highest BCUT2D eigenvalue weighted by Gasteiger charge is 2.16. The van der Waals surface area contributed by atoms with Crippen molar-refractivity contribution in [1.82, 2.24) is 14.9 Å². The summed E-state index contributed by atoms with van der Waals surface area (Å²) in [5, 5.41) is 2.84. The molecule has 0 aliphatic carbocycles. The molecule has 0 saturated heterocycles. The van der Waals surface area contributed by atoms with E-state index in [2.05, 4.69) is 16.9 Å². The molecule has 1 aromatic carbocycles. The van der Waals surface area contributed by atoms with E-state index in [4.69, 9.17) is 0 Å². The van der Waals surface area contributed by atoms with Crippen molar-refractivity contribution < 1.29 is 13.2 Å². The number of benzene rings is 1. The summed E-state index contributed by atoms with van der Waals surface area (Å²) in [5.41, 5.74) is 0.984. The number of rotatable bonds is 9. The van der Waals surface area contributed by atoms with Gasteiger partial charge in [0.15, 0.2) is 0 Å². The lowest BCUT2D eigenvalue weighted by atomic mass is 10.2. The van der Waals surface area contributed by atoms with E-state index < -0.39 is 10.0 Å². The van der Waals surface area contributed by atoms with Crippen LogP contribution in [0.25, 0.3) is 0 Å². The van der Waals surface area contributed by atoms with E-state index in [0.29, 0.717) is 17.8 Å². The lowest BCUT2D eigenvalue weighted by Gasteiger charge is -2.20. The van der Waals surface area contributed by atoms with Gasteiger partial charge >= 0.3 is 0 Å². The number of nitrogens with zero attached hydrogens (tertiary/aromatic N) is 3. The predicted molar refractivity (Wildman–Crippen MR) is 98.0 cm³/mol. The number of nitrogens with one attached hydrogen (secondary N) is 1. The SMILES string of the molecule is C=CCN(c1ccc(C(=O)NCCCn2ccnc2)cc1)S(C)(=O)=O. The van der Waals surface area contributed by atoms with Crippen molar-refractivity contribution >= 4 is 21.6 Å². The molecule has 0 bridgehead atoms. The normalized spacial score (nSPS) is 11.1. The maximum absolute atomic E-state index is 12.1. The molecule has 1 heterocycles. The predicted octanol–water partition coefficient (Wildman–Crippen LogP) is 1.66. The second kappa shape index (κ2) is 8.48. The molecule has 1 N–H and O–H groups in total. The number of hydrogen-bond acceptors (Lipinski definition) is 4. The van der Waals surface area contributed by atoms with Gasteiger partial charge in [0.05, 0.1) is 24.8 Å². The third-order valence-corrected chi connectivity index (χ3v) is 4.71. The number of imidazole rings is 1. The summed E-state index contributed by atoms with van der Waals surface area (Å²) in [6.45, 7) is 5.08. The van der Waals surface area contributed by atoms with Crippen LogP contribution in [-0.4, -0.2) is 43.2 Å². The van der Waals surface area contributed by atoms with Crippen LogP contribution in [0.4, 0.5) is 5.69 Å². The molecule has 8 heteroatoms. The number of aromatic nitrogens is 2. The van der Waals surface area contributed by atoms with Gasteiger partial charge < -0.3 is 9.88 Å². The molecule has 0 aliphatic heterocycles. The average Bonchev–Trinajstić information content (AvgIpc) is 3.09. The van der Waals surface area contributed by atoms with Crippen LogP contribution >= 0.6 is 0 Å². The molecule has 0 fully saturated rings. The van der Waals surface area contributed by atoms with Crippen LogP contribution in [0, 0.1) is 0 Å². The van der Waals surface area contributed by atoms with Crippen LogP contribution in [0.3, 0.4) is 0 Å². The molecule has 0 atom stereocenters. The lowest BCUT2D eigenvalue weighted by molar-refractivity contribution is 0.0952. The topological polar surface area (TPSA) is 84.3 Å². The van der Waals surface area contributed by atoms with E-state index in [1.165, 1.54) is 10.4 Å². The van der Waals surface area contributed by atoms with E-state index in [1.807, 2.05) is 10.8 Å². The van der Waals surface area contributed by atoms with E-state index in [-0.39, 0.29) is 12.5 Å². The molecular formula is C17H22N4O3S. The van der Waals surface area contributed by atoms with Crippen molar-refractivity contribution in [2.75, 3.05) is 23.7 Å². The smallest absolute Gasteiger partial charge is 0.251 e. The number of anilines is 1. The first kappa shape index (κ1) is 18.7. The zero-order valence-electron chi connectivity index (χ0n) is 14.1. The molecule has 134 valence electrons. The lowest BCUT2D eigenvalue weighted by Crippen LogP contribution is -2.30. The van der Waals surface area contributed by atoms with Gasteiger partial charge in [-0.1, -0.05) is 6.08 Å². The van der Waals surface area contributed by atoms with E-state index >= 15 is 0 Å². The molecule has 0 aliphatic rings. The molecule has 25 heavy (non-hydrogen) atoms. The molecule has 1 aromatic heterocycles. The highest BCUT2D eigenvalue weighted by Crippen LogP contribution is 2.18. The highest BCUT2D eigenvalue weighted by molar-refractivity contribution is 7.92. The number of carbonyl (C=O) groups excluding carboxylic acids is 1. The van der Waals surface area contributed by atoms with Gasteiger partial charge in [-0.15, -0.1) is 6.58 Å². The summed E-state index contributed by atoms with van der Waals surface area (Å²) in [6, 6.07) is 6.46. The van der Waals surface area contributed by atoms with Crippen molar-refractivity contribution in [3.63, 3.8) is 0 Å². The number of aryl methyl sites for hydroxylation is 1. The van der Waals surface area contributed by atoms with Gasteiger partial charge in [-0.05, 0) is 30.7 Å². The monoisotopic (exact) mass is 362 g/mol. The Kier molecular flexibility index (Phi) is 6.35. The summed E-state index contributed by atoms with van der Waals surface area (Å²) < 4.78 is 26.8. The number of amides is 1. The van der Waals surface area contributed by atoms with Crippen LogP contribution in [-0.2, 0) is 16.6 Å². The quantitative estimate of drug-likeness (QED) is 0.543. The first-order valence-electron chi connectivity index (χ1n) is 7.84. The minimum Gasteiger partial charge on any atom is -0.352 e. The van der Waals surface area contributed by atoms with Crippen molar-refractivity contribution in [3.8, 4) is 0 Å². The fourth-order valence-electron chi connectivity index (χ4n) is 2.31. The van der Waals surface area contributed by atoms with Crippen molar-refractivity contribution in [1.29, 1.82) is 0 Å². The van der Waals surface area contributed by atoms with Gasteiger partial charge in [0, 0.05) is 31.0 Å². The molecule has 0 unspecified atom stereocenters. The summed E-state index contributed by atoms with van der Waals surface area (Å²) in [7, 11) is -3.40. The van der Waals surface area contributed by atoms with Crippen molar-refractivity contribution in [3.05, 3.63) is 61.2 Å². The Morgan fingerprint density at radius 2 is 2.08 bits per heavy atom. The molecule has 0 spiro atoms. The number of sulfonamides is 1. The molecule has 0 saturated carbocycles. The van der Waals surface area contributed by atoms with E-state index in [1.54, 1.807) is 36.8 Å². The minimum absolute atomic E-state index is 0.179. The average molecular weight is 362 g/mol. The first-order chi connectivity index (χ1) is 11.9. The van der Waals surface area contributed by atoms with Crippen molar-refractivity contribution in [2.24, 2.45) is 0 Å². The van der Waals surface area contributed by atoms with Gasteiger partial charge in [0.2, 0.25) is 10.0 Å². The summed E-state index contributed by atoms with van der Waals surface area (Å²) in [6.07, 6.45) is 8.77. The van der Waals surface area contributed by atoms with Gasteiger partial charge in [-0.25, -0.2) is 13.4 Å². The fraction of sp³-hybridized carbons (Fsp3) is 0.294. The second-order valence-electron chi connectivity index (χ2n) is 5.54. The van der Waals surface area contributed by atoms with E-state index in [0.717, 1.165) is 19.2 Å². The Balaban J connectivity index is 1.91. The molecule has 2 aromatic rings. The molecule has 0 radical (unpaired) electrons. The third kappa shape index (κ3) is 5.46. The van der Waals surface area contributed by atoms with Crippen LogP contribution in [0.5, 0.6) is 0 Å². The second-order valence-corrected chi connectivity index (χ2v) is 7.45. The number of hydrogen-bond donors (Lipinski definition) is 1. The van der Waals surface area contributed by atoms with Gasteiger partial charge in [0.25, 0.3) is 5.91 Å². The fourth-order valence-corrected chi connectivity index (χ4v) is 3.19. The van der Waals surface area contributed by atoms with Gasteiger partial charge in [-0.3, -0.25) is 9.10 Å². The summed E-state index contributed by atoms with van der Waals surface area (Å²) >= 11 is 0. The van der Waals surface area contributed by atoms with Crippen molar-refractivity contribution in [2.45, 2.75) is 13.0 Å². The zero-order valence-corrected chi connectivity index (χ0v) is 14.9. The standard InChI is InChI=1S/C17H22N4O3S/c1-3-11-21(25(2,23)24)16-7-5-15(6-8-16)17(22)19-9-4-12-20-13-10-18-14-20/h3,5-8,10,13-14H,1,4,9,11-12H2,2H3,(H,19,22). The summed E-state index contributed by atoms with van der Waals surface area (Å²) in [5.74, 6) is -0.188. The molecular weight excluding hydrogens is 340 g/mol. The number of carbonyl (C=O) groups is 1. The first-order valence-corrected chi connectivity index (χ1v) is 9.69. The van der Waals surface area contributed by atoms with Crippen LogP contribution in [0.15, 0.2) is 55.6 Å². The maximum atomic E-state index is 12.1. The van der Waals surface area contributed by atoms with Crippen LogP contribution in [0.2, 0.25) is 0 Å². The van der Waals surface area contributed by atoms with Gasteiger partial charge in [0.1, 0.15) is 0 Å². The van der Waals surface area contributed by atoms with E-state index in [9.17, 15) is 13.2 Å². The zero-order chi connectivity index (χ0) is 18.3. The summed E-state index contributed by atoms with van der Waals surface area (Å²) in [4.78, 5) is 16.1. The molecule has 1 amide bonds. The maximum Gasteiger partial charge on any atom is 0.251 e. The largest absolute Gasteiger partial charge is 0.352 e. The minimum atomic E-state index is -3.40. The Morgan fingerprint density at radius 1 is 1.36 bits per heavy atom.